The Kier molecular flexibility index (Phi) is 2.91. The summed E-state index contributed by atoms with van der Waals surface area (Å²) < 4.78 is 0. The molecule has 5 heteroatoms. The summed E-state index contributed by atoms with van der Waals surface area (Å²) >= 11 is 0. The highest BCUT2D eigenvalue weighted by molar-refractivity contribution is 5.85. The van der Waals surface area contributed by atoms with Crippen molar-refractivity contribution >= 4 is 11.7 Å². The van der Waals surface area contributed by atoms with Crippen molar-refractivity contribution in [1.29, 1.82) is 0 Å². The van der Waals surface area contributed by atoms with Crippen LogP contribution in [-0.2, 0) is 0 Å². The molecule has 1 aliphatic heterocycles. The van der Waals surface area contributed by atoms with E-state index >= 15 is 0 Å². The van der Waals surface area contributed by atoms with E-state index in [1.165, 1.54) is 12.8 Å². The zero-order valence-corrected chi connectivity index (χ0v) is 10.2. The third kappa shape index (κ3) is 2.31. The molecule has 1 aromatic heterocycles. The van der Waals surface area contributed by atoms with E-state index in [2.05, 4.69) is 14.8 Å². The first kappa shape index (κ1) is 11.5. The molecule has 1 N–H and O–H groups in total. The van der Waals surface area contributed by atoms with Crippen LogP contribution >= 0.6 is 0 Å². The molecule has 0 spiro atoms. The SMILES string of the molecule is O=C(O)c1ccc(N2CCN(C3CC3)CC2)cn1. The second kappa shape index (κ2) is 4.57. The van der Waals surface area contributed by atoms with E-state index in [-0.39, 0.29) is 5.69 Å². The summed E-state index contributed by atoms with van der Waals surface area (Å²) in [6, 6.07) is 4.26. The largest absolute Gasteiger partial charge is 0.477 e. The molecule has 0 atom stereocenters. The number of aromatic carboxylic acids is 1. The smallest absolute Gasteiger partial charge is 0.354 e. The Morgan fingerprint density at radius 1 is 1.22 bits per heavy atom. The normalized spacial score (nSPS) is 21.0. The number of nitrogens with zero attached hydrogens (tertiary/aromatic N) is 3. The van der Waals surface area contributed by atoms with E-state index in [9.17, 15) is 4.79 Å². The molecule has 0 aromatic carbocycles. The number of rotatable bonds is 3. The second-order valence-corrected chi connectivity index (χ2v) is 4.96. The highest BCUT2D eigenvalue weighted by Crippen LogP contribution is 2.28. The Labute approximate surface area is 106 Å². The molecule has 0 amide bonds. The van der Waals surface area contributed by atoms with E-state index in [1.807, 2.05) is 6.07 Å². The van der Waals surface area contributed by atoms with Crippen molar-refractivity contribution in [3.8, 4) is 0 Å². The summed E-state index contributed by atoms with van der Waals surface area (Å²) in [6.45, 7) is 4.21. The predicted octanol–water partition coefficient (Wildman–Crippen LogP) is 1.06. The fraction of sp³-hybridized carbons (Fsp3) is 0.538. The van der Waals surface area contributed by atoms with Crippen molar-refractivity contribution in [3.05, 3.63) is 24.0 Å². The van der Waals surface area contributed by atoms with Crippen LogP contribution in [0.5, 0.6) is 0 Å². The number of carbonyl (C=O) groups is 1. The van der Waals surface area contributed by atoms with Gasteiger partial charge < -0.3 is 10.0 Å². The van der Waals surface area contributed by atoms with Gasteiger partial charge in [0.15, 0.2) is 0 Å². The highest BCUT2D eigenvalue weighted by Gasteiger charge is 2.31. The van der Waals surface area contributed by atoms with Crippen LogP contribution in [0.1, 0.15) is 23.3 Å². The third-order valence-electron chi connectivity index (χ3n) is 3.71. The Morgan fingerprint density at radius 2 is 1.94 bits per heavy atom. The molecule has 1 saturated carbocycles. The zero-order valence-electron chi connectivity index (χ0n) is 10.2. The van der Waals surface area contributed by atoms with Gasteiger partial charge in [0.25, 0.3) is 0 Å². The topological polar surface area (TPSA) is 56.7 Å². The first-order valence-corrected chi connectivity index (χ1v) is 6.42. The fourth-order valence-electron chi connectivity index (χ4n) is 2.48. The molecule has 1 aliphatic carbocycles. The van der Waals surface area contributed by atoms with E-state index in [0.29, 0.717) is 0 Å². The molecule has 2 aliphatic rings. The number of hydrogen-bond donors (Lipinski definition) is 1. The molecular weight excluding hydrogens is 230 g/mol. The summed E-state index contributed by atoms with van der Waals surface area (Å²) in [7, 11) is 0. The van der Waals surface area contributed by atoms with Crippen LogP contribution in [0.25, 0.3) is 0 Å². The van der Waals surface area contributed by atoms with Crippen LogP contribution in [0, 0.1) is 0 Å². The summed E-state index contributed by atoms with van der Waals surface area (Å²) in [5, 5.41) is 8.81. The lowest BCUT2D eigenvalue weighted by molar-refractivity contribution is 0.0690. The summed E-state index contributed by atoms with van der Waals surface area (Å²) in [5.41, 5.74) is 1.13. The number of piperazine rings is 1. The maximum Gasteiger partial charge on any atom is 0.354 e. The van der Waals surface area contributed by atoms with Crippen LogP contribution in [-0.4, -0.2) is 53.2 Å². The van der Waals surface area contributed by atoms with Crippen LogP contribution in [0.3, 0.4) is 0 Å². The summed E-state index contributed by atoms with van der Waals surface area (Å²) in [4.78, 5) is 19.5. The Balaban J connectivity index is 1.62. The van der Waals surface area contributed by atoms with Gasteiger partial charge in [-0.15, -0.1) is 0 Å². The Bertz CT molecular complexity index is 434. The molecule has 0 unspecified atom stereocenters. The van der Waals surface area contributed by atoms with E-state index in [0.717, 1.165) is 37.9 Å². The van der Waals surface area contributed by atoms with Crippen molar-refractivity contribution in [3.63, 3.8) is 0 Å². The molecule has 3 rings (SSSR count). The lowest BCUT2D eigenvalue weighted by atomic mass is 10.2. The highest BCUT2D eigenvalue weighted by atomic mass is 16.4. The predicted molar refractivity (Wildman–Crippen MR) is 68.0 cm³/mol. The number of carboxylic acids is 1. The van der Waals surface area contributed by atoms with Crippen LogP contribution in [0.15, 0.2) is 18.3 Å². The monoisotopic (exact) mass is 247 g/mol. The number of aromatic nitrogens is 1. The lowest BCUT2D eigenvalue weighted by Crippen LogP contribution is -2.47. The van der Waals surface area contributed by atoms with Crippen molar-refractivity contribution < 1.29 is 9.90 Å². The summed E-state index contributed by atoms with van der Waals surface area (Å²) in [6.07, 6.45) is 4.37. The molecule has 1 saturated heterocycles. The van der Waals surface area contributed by atoms with Crippen LogP contribution in [0.2, 0.25) is 0 Å². The van der Waals surface area contributed by atoms with Gasteiger partial charge in [-0.05, 0) is 25.0 Å². The molecule has 2 fully saturated rings. The maximum atomic E-state index is 10.7. The summed E-state index contributed by atoms with van der Waals surface area (Å²) in [5.74, 6) is -0.972. The first-order chi connectivity index (χ1) is 8.74. The molecular formula is C13H17N3O2. The van der Waals surface area contributed by atoms with Gasteiger partial charge in [0, 0.05) is 32.2 Å². The molecule has 0 bridgehead atoms. The van der Waals surface area contributed by atoms with Gasteiger partial charge in [-0.1, -0.05) is 0 Å². The van der Waals surface area contributed by atoms with Gasteiger partial charge in [-0.25, -0.2) is 9.78 Å². The van der Waals surface area contributed by atoms with Gasteiger partial charge in [0.2, 0.25) is 0 Å². The van der Waals surface area contributed by atoms with Crippen molar-refractivity contribution in [2.45, 2.75) is 18.9 Å². The number of anilines is 1. The molecule has 1 aromatic rings. The number of carboxylic acid groups (broad SMARTS) is 1. The second-order valence-electron chi connectivity index (χ2n) is 4.96. The molecule has 0 radical (unpaired) electrons. The zero-order chi connectivity index (χ0) is 12.5. The Morgan fingerprint density at radius 3 is 2.44 bits per heavy atom. The number of hydrogen-bond acceptors (Lipinski definition) is 4. The maximum absolute atomic E-state index is 10.7. The fourth-order valence-corrected chi connectivity index (χ4v) is 2.48. The molecule has 96 valence electrons. The van der Waals surface area contributed by atoms with Crippen LogP contribution in [0.4, 0.5) is 5.69 Å². The molecule has 18 heavy (non-hydrogen) atoms. The molecule has 2 heterocycles. The van der Waals surface area contributed by atoms with Crippen molar-refractivity contribution in [2.24, 2.45) is 0 Å². The average molecular weight is 247 g/mol. The lowest BCUT2D eigenvalue weighted by Gasteiger charge is -2.36. The Hall–Kier alpha value is -1.62. The third-order valence-corrected chi connectivity index (χ3v) is 3.71. The van der Waals surface area contributed by atoms with Crippen LogP contribution < -0.4 is 4.90 Å². The van der Waals surface area contributed by atoms with Gasteiger partial charge in [0.1, 0.15) is 5.69 Å². The van der Waals surface area contributed by atoms with Crippen molar-refractivity contribution in [2.75, 3.05) is 31.1 Å². The van der Waals surface area contributed by atoms with Gasteiger partial charge in [-0.3, -0.25) is 4.90 Å². The van der Waals surface area contributed by atoms with E-state index in [4.69, 9.17) is 5.11 Å². The molecule has 5 nitrogen and oxygen atoms in total. The minimum atomic E-state index is -0.972. The standard InChI is InChI=1S/C13H17N3O2/c17-13(18)12-4-3-11(9-14-12)16-7-5-15(6-8-16)10-1-2-10/h3-4,9-10H,1-2,5-8H2,(H,17,18). The minimum absolute atomic E-state index is 0.107. The average Bonchev–Trinajstić information content (AvgIpc) is 3.23. The van der Waals surface area contributed by atoms with Crippen molar-refractivity contribution in [1.82, 2.24) is 9.88 Å². The van der Waals surface area contributed by atoms with Gasteiger partial charge in [0.05, 0.1) is 11.9 Å². The quantitative estimate of drug-likeness (QED) is 0.865. The number of pyridine rings is 1. The van der Waals surface area contributed by atoms with E-state index < -0.39 is 5.97 Å². The van der Waals surface area contributed by atoms with Gasteiger partial charge in [-0.2, -0.15) is 0 Å². The minimum Gasteiger partial charge on any atom is -0.477 e. The van der Waals surface area contributed by atoms with E-state index in [1.54, 1.807) is 12.3 Å². The first-order valence-electron chi connectivity index (χ1n) is 6.42. The van der Waals surface area contributed by atoms with Gasteiger partial charge >= 0.3 is 5.97 Å².